The zero-order valence-corrected chi connectivity index (χ0v) is 13.7. The van der Waals surface area contributed by atoms with Crippen LogP contribution in [0.1, 0.15) is 18.4 Å². The number of rotatable bonds is 6. The van der Waals surface area contributed by atoms with Crippen LogP contribution in [0, 0.1) is 5.92 Å². The number of alkyl halides is 13. The molecular formula is C11H8F13N5O. The Balaban J connectivity index is 3.36. The quantitative estimate of drug-likeness (QED) is 0.606. The number of hydrogen-bond donors (Lipinski definition) is 2. The SMILES string of the molecule is Nc1nc(N)nc(C(F)CC(C(F)(F)F)C(F)(F)OC(F)(C(F)(F)F)C(F)(F)F)n1. The second-order valence-corrected chi connectivity index (χ2v) is 5.46. The number of hydrogen-bond acceptors (Lipinski definition) is 6. The van der Waals surface area contributed by atoms with Crippen molar-refractivity contribution in [3.8, 4) is 0 Å². The molecule has 1 aromatic heterocycles. The van der Waals surface area contributed by atoms with Crippen LogP contribution in [0.4, 0.5) is 69.0 Å². The Morgan fingerprint density at radius 3 is 1.47 bits per heavy atom. The number of halogens is 13. The molecule has 0 aromatic carbocycles. The summed E-state index contributed by atoms with van der Waals surface area (Å²) in [6.07, 6.45) is -33.4. The van der Waals surface area contributed by atoms with Gasteiger partial charge in [-0.05, 0) is 0 Å². The van der Waals surface area contributed by atoms with Gasteiger partial charge < -0.3 is 11.5 Å². The second kappa shape index (κ2) is 7.73. The number of anilines is 2. The third-order valence-corrected chi connectivity index (χ3v) is 3.22. The highest BCUT2D eigenvalue weighted by molar-refractivity contribution is 5.26. The monoisotopic (exact) mass is 473 g/mol. The molecule has 0 aliphatic carbocycles. The Morgan fingerprint density at radius 2 is 1.13 bits per heavy atom. The number of nitrogens with two attached hydrogens (primary N) is 2. The van der Waals surface area contributed by atoms with Gasteiger partial charge in [0.15, 0.2) is 12.0 Å². The molecule has 2 atom stereocenters. The smallest absolute Gasteiger partial charge is 0.368 e. The summed E-state index contributed by atoms with van der Waals surface area (Å²) in [5, 5.41) is 0. The van der Waals surface area contributed by atoms with E-state index in [1.165, 1.54) is 0 Å². The number of ether oxygens (including phenoxy) is 1. The Morgan fingerprint density at radius 1 is 0.733 bits per heavy atom. The molecule has 1 aromatic rings. The minimum atomic E-state index is -7.27. The molecule has 0 fully saturated rings. The second-order valence-electron chi connectivity index (χ2n) is 5.46. The first kappa shape index (κ1) is 25.7. The molecule has 0 amide bonds. The van der Waals surface area contributed by atoms with Crippen LogP contribution < -0.4 is 11.5 Å². The Hall–Kier alpha value is -2.34. The number of nitrogen functional groups attached to an aromatic ring is 2. The van der Waals surface area contributed by atoms with E-state index >= 15 is 0 Å². The maximum absolute atomic E-state index is 14.0. The van der Waals surface area contributed by atoms with Crippen molar-refractivity contribution in [1.29, 1.82) is 0 Å². The number of aromatic nitrogens is 3. The lowest BCUT2D eigenvalue weighted by Gasteiger charge is -2.36. The summed E-state index contributed by atoms with van der Waals surface area (Å²) in [5.41, 5.74) is 9.95. The van der Waals surface area contributed by atoms with Crippen LogP contribution in [0.25, 0.3) is 0 Å². The summed E-state index contributed by atoms with van der Waals surface area (Å²) in [4.78, 5) is 8.90. The van der Waals surface area contributed by atoms with Gasteiger partial charge in [0.05, 0.1) is 0 Å². The van der Waals surface area contributed by atoms with Crippen LogP contribution in [-0.4, -0.2) is 45.4 Å². The van der Waals surface area contributed by atoms with E-state index in [2.05, 4.69) is 15.0 Å². The summed E-state index contributed by atoms with van der Waals surface area (Å²) < 4.78 is 170. The van der Waals surface area contributed by atoms with Gasteiger partial charge in [-0.2, -0.15) is 67.6 Å². The van der Waals surface area contributed by atoms with E-state index in [1.54, 1.807) is 0 Å². The molecule has 0 spiro atoms. The Labute approximate surface area is 156 Å². The molecule has 0 saturated heterocycles. The topological polar surface area (TPSA) is 99.9 Å². The Kier molecular flexibility index (Phi) is 6.62. The molecule has 19 heteroatoms. The van der Waals surface area contributed by atoms with Gasteiger partial charge >= 0.3 is 30.5 Å². The third kappa shape index (κ3) is 5.42. The van der Waals surface area contributed by atoms with Crippen molar-refractivity contribution in [2.45, 2.75) is 43.1 Å². The maximum Gasteiger partial charge on any atom is 0.458 e. The molecule has 0 aliphatic rings. The van der Waals surface area contributed by atoms with Crippen molar-refractivity contribution in [3.05, 3.63) is 5.82 Å². The first-order chi connectivity index (χ1) is 13.1. The molecule has 0 saturated carbocycles. The van der Waals surface area contributed by atoms with Crippen molar-refractivity contribution in [1.82, 2.24) is 15.0 Å². The van der Waals surface area contributed by atoms with Gasteiger partial charge in [0.1, 0.15) is 5.92 Å². The molecule has 4 N–H and O–H groups in total. The van der Waals surface area contributed by atoms with Gasteiger partial charge in [0.25, 0.3) is 0 Å². The predicted octanol–water partition coefficient (Wildman–Crippen LogP) is 4.02. The lowest BCUT2D eigenvalue weighted by atomic mass is 9.99. The molecule has 1 rings (SSSR count). The summed E-state index contributed by atoms with van der Waals surface area (Å²) in [6, 6.07) is 0. The first-order valence-electron chi connectivity index (χ1n) is 7.00. The van der Waals surface area contributed by atoms with E-state index in [1.807, 2.05) is 4.74 Å². The highest BCUT2D eigenvalue weighted by atomic mass is 19.4. The highest BCUT2D eigenvalue weighted by Gasteiger charge is 2.78. The summed E-state index contributed by atoms with van der Waals surface area (Å²) in [6.45, 7) is 0. The minimum absolute atomic E-state index is 0.899. The molecule has 174 valence electrons. The molecule has 2 unspecified atom stereocenters. The molecule has 0 bridgehead atoms. The van der Waals surface area contributed by atoms with Crippen molar-refractivity contribution >= 4 is 11.9 Å². The standard InChI is InChI=1S/C11H8F13N5O/c12-2(4-27-5(25)29-6(26)28-4)1-3(7(13,14)15)8(16,17)30-9(18,10(19,20)21)11(22,23)24/h2-3H,1H2,(H4,25,26,27,28,29). The zero-order chi connectivity index (χ0) is 23.9. The van der Waals surface area contributed by atoms with Crippen molar-refractivity contribution in [2.24, 2.45) is 5.92 Å². The largest absolute Gasteiger partial charge is 0.458 e. The first-order valence-corrected chi connectivity index (χ1v) is 7.00. The molecule has 0 radical (unpaired) electrons. The van der Waals surface area contributed by atoms with Gasteiger partial charge in [0, 0.05) is 6.42 Å². The van der Waals surface area contributed by atoms with Crippen LogP contribution in [-0.2, 0) is 4.74 Å². The van der Waals surface area contributed by atoms with Gasteiger partial charge in [-0.15, -0.1) is 0 Å². The fourth-order valence-electron chi connectivity index (χ4n) is 1.88. The molecule has 30 heavy (non-hydrogen) atoms. The van der Waals surface area contributed by atoms with Crippen molar-refractivity contribution < 1.29 is 61.8 Å². The van der Waals surface area contributed by atoms with E-state index in [0.717, 1.165) is 0 Å². The molecule has 6 nitrogen and oxygen atoms in total. The van der Waals surface area contributed by atoms with Crippen LogP contribution in [0.3, 0.4) is 0 Å². The van der Waals surface area contributed by atoms with Gasteiger partial charge in [-0.1, -0.05) is 0 Å². The fraction of sp³-hybridized carbons (Fsp3) is 0.727. The van der Waals surface area contributed by atoms with Crippen LogP contribution in [0.5, 0.6) is 0 Å². The highest BCUT2D eigenvalue weighted by Crippen LogP contribution is 2.53. The zero-order valence-electron chi connectivity index (χ0n) is 13.7. The minimum Gasteiger partial charge on any atom is -0.368 e. The third-order valence-electron chi connectivity index (χ3n) is 3.22. The van der Waals surface area contributed by atoms with Gasteiger partial charge in [-0.3, -0.25) is 4.74 Å². The van der Waals surface area contributed by atoms with Crippen molar-refractivity contribution in [2.75, 3.05) is 11.5 Å². The Bertz CT molecular complexity index is 712. The predicted molar refractivity (Wildman–Crippen MR) is 68.6 cm³/mol. The lowest BCUT2D eigenvalue weighted by Crippen LogP contribution is -2.60. The lowest BCUT2D eigenvalue weighted by molar-refractivity contribution is -0.496. The van der Waals surface area contributed by atoms with Crippen LogP contribution in [0.15, 0.2) is 0 Å². The van der Waals surface area contributed by atoms with E-state index in [-0.39, 0.29) is 0 Å². The summed E-state index contributed by atoms with van der Waals surface area (Å²) >= 11 is 0. The maximum atomic E-state index is 14.0. The van der Waals surface area contributed by atoms with Crippen LogP contribution >= 0.6 is 0 Å². The fourth-order valence-corrected chi connectivity index (χ4v) is 1.88. The summed E-state index contributed by atoms with van der Waals surface area (Å²) in [7, 11) is 0. The van der Waals surface area contributed by atoms with Crippen LogP contribution in [0.2, 0.25) is 0 Å². The molecule has 1 heterocycles. The summed E-state index contributed by atoms with van der Waals surface area (Å²) in [5.74, 6) is -15.1. The molecular weight excluding hydrogens is 465 g/mol. The van der Waals surface area contributed by atoms with E-state index < -0.39 is 66.7 Å². The molecule has 0 aliphatic heterocycles. The normalized spacial score (nSPS) is 16.4. The van der Waals surface area contributed by atoms with Gasteiger partial charge in [-0.25, -0.2) is 4.39 Å². The van der Waals surface area contributed by atoms with Gasteiger partial charge in [0.2, 0.25) is 11.9 Å². The van der Waals surface area contributed by atoms with E-state index in [9.17, 15) is 57.1 Å². The average Bonchev–Trinajstić information content (AvgIpc) is 2.47. The van der Waals surface area contributed by atoms with E-state index in [4.69, 9.17) is 11.5 Å². The van der Waals surface area contributed by atoms with Crippen molar-refractivity contribution in [3.63, 3.8) is 0 Å². The number of nitrogens with zero attached hydrogens (tertiary/aromatic N) is 3. The van der Waals surface area contributed by atoms with E-state index in [0.29, 0.717) is 0 Å². The average molecular weight is 473 g/mol.